The topological polar surface area (TPSA) is 52.5 Å². The van der Waals surface area contributed by atoms with Gasteiger partial charge in [-0.1, -0.05) is 27.2 Å². The zero-order valence-electron chi connectivity index (χ0n) is 9.88. The summed E-state index contributed by atoms with van der Waals surface area (Å²) >= 11 is 0. The van der Waals surface area contributed by atoms with Crippen LogP contribution < -0.4 is 5.32 Å². The molecule has 0 amide bonds. The Kier molecular flexibility index (Phi) is 6.33. The van der Waals surface area contributed by atoms with Gasteiger partial charge in [-0.3, -0.25) is 0 Å². The second kappa shape index (κ2) is 6.38. The maximum absolute atomic E-state index is 9.09. The maximum atomic E-state index is 9.09. The summed E-state index contributed by atoms with van der Waals surface area (Å²) in [6.07, 6.45) is 1.14. The lowest BCUT2D eigenvalue weighted by molar-refractivity contribution is 0.0660. The summed E-state index contributed by atoms with van der Waals surface area (Å²) in [6, 6.07) is 0.428. The van der Waals surface area contributed by atoms with E-state index in [0.717, 1.165) is 6.42 Å². The average Bonchev–Trinajstić information content (AvgIpc) is 2.24. The van der Waals surface area contributed by atoms with Gasteiger partial charge in [0.25, 0.3) is 0 Å². The second-order valence-corrected chi connectivity index (χ2v) is 4.68. The van der Waals surface area contributed by atoms with Crippen LogP contribution in [0.5, 0.6) is 0 Å². The first-order valence-electron chi connectivity index (χ1n) is 5.44. The standard InChI is InChI=1S/C11H25NO2/c1-5-9(2)10(3)12-6-11(4,7-13)8-14/h9-10,12-14H,5-8H2,1-4H3. The fourth-order valence-electron chi connectivity index (χ4n) is 1.12. The Hall–Kier alpha value is -0.120. The molecule has 0 fully saturated rings. The van der Waals surface area contributed by atoms with Gasteiger partial charge in [0.15, 0.2) is 0 Å². The summed E-state index contributed by atoms with van der Waals surface area (Å²) in [5.74, 6) is 0.622. The number of hydrogen-bond donors (Lipinski definition) is 3. The van der Waals surface area contributed by atoms with Gasteiger partial charge in [0.05, 0.1) is 13.2 Å². The molecule has 2 unspecified atom stereocenters. The zero-order chi connectivity index (χ0) is 11.2. The third-order valence-corrected chi connectivity index (χ3v) is 3.11. The molecule has 0 aromatic carbocycles. The van der Waals surface area contributed by atoms with E-state index in [1.165, 1.54) is 0 Å². The van der Waals surface area contributed by atoms with Gasteiger partial charge in [-0.05, 0) is 12.8 Å². The fraction of sp³-hybridized carbons (Fsp3) is 1.00. The molecule has 0 aliphatic rings. The molecule has 86 valence electrons. The van der Waals surface area contributed by atoms with Gasteiger partial charge in [0.1, 0.15) is 0 Å². The summed E-state index contributed by atoms with van der Waals surface area (Å²) in [7, 11) is 0. The molecule has 0 aromatic rings. The Balaban J connectivity index is 3.91. The maximum Gasteiger partial charge on any atom is 0.0518 e. The van der Waals surface area contributed by atoms with Gasteiger partial charge in [0, 0.05) is 18.0 Å². The number of hydrogen-bond acceptors (Lipinski definition) is 3. The fourth-order valence-corrected chi connectivity index (χ4v) is 1.12. The van der Waals surface area contributed by atoms with Gasteiger partial charge >= 0.3 is 0 Å². The molecule has 0 bridgehead atoms. The lowest BCUT2D eigenvalue weighted by atomic mass is 9.91. The molecular weight excluding hydrogens is 178 g/mol. The Morgan fingerprint density at radius 1 is 1.21 bits per heavy atom. The largest absolute Gasteiger partial charge is 0.396 e. The third kappa shape index (κ3) is 4.40. The van der Waals surface area contributed by atoms with Crippen molar-refractivity contribution in [2.75, 3.05) is 19.8 Å². The van der Waals surface area contributed by atoms with Crippen molar-refractivity contribution in [2.24, 2.45) is 11.3 Å². The van der Waals surface area contributed by atoms with E-state index in [4.69, 9.17) is 10.2 Å². The van der Waals surface area contributed by atoms with Crippen LogP contribution in [0, 0.1) is 11.3 Å². The van der Waals surface area contributed by atoms with Crippen molar-refractivity contribution in [3.05, 3.63) is 0 Å². The van der Waals surface area contributed by atoms with E-state index in [1.54, 1.807) is 0 Å². The molecule has 2 atom stereocenters. The molecule has 0 radical (unpaired) electrons. The van der Waals surface area contributed by atoms with E-state index >= 15 is 0 Å². The smallest absolute Gasteiger partial charge is 0.0518 e. The highest BCUT2D eigenvalue weighted by Crippen LogP contribution is 2.14. The highest BCUT2D eigenvalue weighted by molar-refractivity contribution is 4.78. The van der Waals surface area contributed by atoms with E-state index in [1.807, 2.05) is 6.92 Å². The minimum absolute atomic E-state index is 0.0176. The normalized spacial score (nSPS) is 16.7. The molecule has 0 saturated carbocycles. The first kappa shape index (κ1) is 13.9. The summed E-state index contributed by atoms with van der Waals surface area (Å²) in [6.45, 7) is 9.08. The van der Waals surface area contributed by atoms with E-state index < -0.39 is 5.41 Å². The van der Waals surface area contributed by atoms with E-state index in [2.05, 4.69) is 26.1 Å². The third-order valence-electron chi connectivity index (χ3n) is 3.11. The first-order valence-corrected chi connectivity index (χ1v) is 5.44. The quantitative estimate of drug-likeness (QED) is 0.578. The van der Waals surface area contributed by atoms with Crippen LogP contribution >= 0.6 is 0 Å². The van der Waals surface area contributed by atoms with Crippen LogP contribution in [-0.4, -0.2) is 36.0 Å². The molecule has 14 heavy (non-hydrogen) atoms. The molecule has 3 nitrogen and oxygen atoms in total. The minimum Gasteiger partial charge on any atom is -0.396 e. The molecule has 3 N–H and O–H groups in total. The summed E-state index contributed by atoms with van der Waals surface area (Å²) in [4.78, 5) is 0. The Labute approximate surface area is 87.5 Å². The van der Waals surface area contributed by atoms with E-state index in [0.29, 0.717) is 18.5 Å². The van der Waals surface area contributed by atoms with Crippen LogP contribution in [-0.2, 0) is 0 Å². The molecule has 0 aromatic heterocycles. The van der Waals surface area contributed by atoms with Crippen molar-refractivity contribution in [1.82, 2.24) is 5.32 Å². The monoisotopic (exact) mass is 203 g/mol. The second-order valence-electron chi connectivity index (χ2n) is 4.68. The molecule has 0 heterocycles. The predicted octanol–water partition coefficient (Wildman–Crippen LogP) is 1.00. The average molecular weight is 203 g/mol. The lowest BCUT2D eigenvalue weighted by Crippen LogP contribution is -2.43. The minimum atomic E-state index is -0.401. The van der Waals surface area contributed by atoms with Gasteiger partial charge in [0.2, 0.25) is 0 Å². The molecular formula is C11H25NO2. The van der Waals surface area contributed by atoms with E-state index in [9.17, 15) is 0 Å². The van der Waals surface area contributed by atoms with Crippen molar-refractivity contribution in [1.29, 1.82) is 0 Å². The van der Waals surface area contributed by atoms with Gasteiger partial charge in [-0.2, -0.15) is 0 Å². The number of rotatable bonds is 7. The highest BCUT2D eigenvalue weighted by atomic mass is 16.3. The Morgan fingerprint density at radius 3 is 2.07 bits per heavy atom. The van der Waals surface area contributed by atoms with Crippen molar-refractivity contribution in [3.8, 4) is 0 Å². The van der Waals surface area contributed by atoms with Gasteiger partial charge < -0.3 is 15.5 Å². The highest BCUT2D eigenvalue weighted by Gasteiger charge is 2.23. The molecule has 0 aliphatic carbocycles. The number of nitrogens with one attached hydrogen (secondary N) is 1. The molecule has 3 heteroatoms. The summed E-state index contributed by atoms with van der Waals surface area (Å²) in [5.41, 5.74) is -0.401. The van der Waals surface area contributed by atoms with Crippen LogP contribution in [0.4, 0.5) is 0 Å². The lowest BCUT2D eigenvalue weighted by Gasteiger charge is -2.29. The first-order chi connectivity index (χ1) is 6.49. The Morgan fingerprint density at radius 2 is 1.71 bits per heavy atom. The van der Waals surface area contributed by atoms with Crippen LogP contribution in [0.15, 0.2) is 0 Å². The predicted molar refractivity (Wildman–Crippen MR) is 59.2 cm³/mol. The summed E-state index contributed by atoms with van der Waals surface area (Å²) < 4.78 is 0. The molecule has 0 saturated heterocycles. The van der Waals surface area contributed by atoms with Crippen LogP contribution in [0.3, 0.4) is 0 Å². The van der Waals surface area contributed by atoms with Crippen molar-refractivity contribution in [3.63, 3.8) is 0 Å². The van der Waals surface area contributed by atoms with Crippen LogP contribution in [0.25, 0.3) is 0 Å². The van der Waals surface area contributed by atoms with Crippen molar-refractivity contribution < 1.29 is 10.2 Å². The Bertz CT molecular complexity index is 146. The molecule has 0 aliphatic heterocycles. The SMILES string of the molecule is CCC(C)C(C)NCC(C)(CO)CO. The number of aliphatic hydroxyl groups is 2. The van der Waals surface area contributed by atoms with Crippen LogP contribution in [0.2, 0.25) is 0 Å². The van der Waals surface area contributed by atoms with Crippen molar-refractivity contribution in [2.45, 2.75) is 40.2 Å². The molecule has 0 rings (SSSR count). The van der Waals surface area contributed by atoms with E-state index in [-0.39, 0.29) is 13.2 Å². The zero-order valence-corrected chi connectivity index (χ0v) is 9.88. The van der Waals surface area contributed by atoms with Gasteiger partial charge in [-0.25, -0.2) is 0 Å². The van der Waals surface area contributed by atoms with Crippen LogP contribution in [0.1, 0.15) is 34.1 Å². The summed E-state index contributed by atoms with van der Waals surface area (Å²) in [5, 5.41) is 21.5. The molecule has 0 spiro atoms. The van der Waals surface area contributed by atoms with Crippen molar-refractivity contribution >= 4 is 0 Å². The van der Waals surface area contributed by atoms with Gasteiger partial charge in [-0.15, -0.1) is 0 Å². The number of aliphatic hydroxyl groups excluding tert-OH is 2.